The van der Waals surface area contributed by atoms with Crippen molar-refractivity contribution >= 4 is 29.8 Å². The van der Waals surface area contributed by atoms with Gasteiger partial charge in [-0.3, -0.25) is 9.36 Å². The zero-order chi connectivity index (χ0) is 15.6. The Balaban J connectivity index is 2.46. The molecule has 1 aliphatic heterocycles. The standard InChI is InChI=1S/C13H13N3O5/c1-15-11(17)9(10(14-15)12(18)20-2)7-8-5-4-6-16(8)13(19)21-3/h4-7H,1-3H3/b9-7+. The fourth-order valence-corrected chi connectivity index (χ4v) is 1.83. The van der Waals surface area contributed by atoms with Crippen LogP contribution < -0.4 is 0 Å². The van der Waals surface area contributed by atoms with Gasteiger partial charge in [-0.15, -0.1) is 0 Å². The van der Waals surface area contributed by atoms with Crippen molar-refractivity contribution in [3.05, 3.63) is 29.6 Å². The smallest absolute Gasteiger partial charge is 0.418 e. The molecular formula is C13H13N3O5. The number of hydrogen-bond donors (Lipinski definition) is 0. The molecule has 1 aliphatic rings. The van der Waals surface area contributed by atoms with Crippen LogP contribution in [0.2, 0.25) is 0 Å². The van der Waals surface area contributed by atoms with Crippen LogP contribution in [0, 0.1) is 0 Å². The first kappa shape index (κ1) is 14.5. The summed E-state index contributed by atoms with van der Waals surface area (Å²) in [6.07, 6.45) is 2.26. The average molecular weight is 291 g/mol. The molecule has 1 aromatic rings. The van der Waals surface area contributed by atoms with E-state index in [1.807, 2.05) is 0 Å². The fraction of sp³-hybridized carbons (Fsp3) is 0.231. The van der Waals surface area contributed by atoms with Gasteiger partial charge in [-0.25, -0.2) is 14.6 Å². The summed E-state index contributed by atoms with van der Waals surface area (Å²) in [5, 5.41) is 4.86. The van der Waals surface area contributed by atoms with Crippen molar-refractivity contribution in [3.8, 4) is 0 Å². The van der Waals surface area contributed by atoms with Crippen molar-refractivity contribution < 1.29 is 23.9 Å². The second-order valence-electron chi connectivity index (χ2n) is 4.10. The number of esters is 1. The lowest BCUT2D eigenvalue weighted by Crippen LogP contribution is -2.20. The quantitative estimate of drug-likeness (QED) is 0.584. The van der Waals surface area contributed by atoms with Gasteiger partial charge in [-0.1, -0.05) is 0 Å². The number of hydrogen-bond acceptors (Lipinski definition) is 6. The molecule has 0 unspecified atom stereocenters. The lowest BCUT2D eigenvalue weighted by Gasteiger charge is -2.05. The van der Waals surface area contributed by atoms with Crippen LogP contribution >= 0.6 is 0 Å². The van der Waals surface area contributed by atoms with Crippen molar-refractivity contribution in [3.63, 3.8) is 0 Å². The highest BCUT2D eigenvalue weighted by Gasteiger charge is 2.33. The molecule has 2 rings (SSSR count). The first-order valence-corrected chi connectivity index (χ1v) is 5.92. The first-order chi connectivity index (χ1) is 9.99. The zero-order valence-electron chi connectivity index (χ0n) is 11.7. The maximum absolute atomic E-state index is 12.0. The summed E-state index contributed by atoms with van der Waals surface area (Å²) in [6, 6.07) is 3.21. The van der Waals surface area contributed by atoms with Crippen LogP contribution in [0.4, 0.5) is 4.79 Å². The predicted molar refractivity (Wildman–Crippen MR) is 72.4 cm³/mol. The third-order valence-electron chi connectivity index (χ3n) is 2.85. The Morgan fingerprint density at radius 2 is 2.00 bits per heavy atom. The van der Waals surface area contributed by atoms with Gasteiger partial charge in [0.15, 0.2) is 5.71 Å². The zero-order valence-corrected chi connectivity index (χ0v) is 11.7. The van der Waals surface area contributed by atoms with E-state index in [-0.39, 0.29) is 11.3 Å². The van der Waals surface area contributed by atoms with Gasteiger partial charge in [-0.2, -0.15) is 5.10 Å². The monoisotopic (exact) mass is 291 g/mol. The molecule has 8 heteroatoms. The number of likely N-dealkylation sites (N-methyl/N-ethyl adjacent to an activating group) is 1. The van der Waals surface area contributed by atoms with Gasteiger partial charge in [0.1, 0.15) is 0 Å². The summed E-state index contributed by atoms with van der Waals surface area (Å²) in [5.41, 5.74) is 0.327. The highest BCUT2D eigenvalue weighted by atomic mass is 16.5. The highest BCUT2D eigenvalue weighted by molar-refractivity contribution is 6.52. The molecular weight excluding hydrogens is 278 g/mol. The molecule has 0 bridgehead atoms. The molecule has 2 heterocycles. The Hall–Kier alpha value is -2.90. The van der Waals surface area contributed by atoms with E-state index in [4.69, 9.17) is 0 Å². The summed E-state index contributed by atoms with van der Waals surface area (Å²) in [5.74, 6) is -1.19. The molecule has 0 radical (unpaired) electrons. The van der Waals surface area contributed by atoms with E-state index >= 15 is 0 Å². The summed E-state index contributed by atoms with van der Waals surface area (Å²) in [7, 11) is 3.86. The molecule has 0 saturated carbocycles. The minimum atomic E-state index is -0.727. The number of carbonyl (C=O) groups is 3. The van der Waals surface area contributed by atoms with Gasteiger partial charge in [0, 0.05) is 13.2 Å². The molecule has 110 valence electrons. The topological polar surface area (TPSA) is 90.2 Å². The van der Waals surface area contributed by atoms with Gasteiger partial charge in [0.2, 0.25) is 0 Å². The molecule has 0 saturated heterocycles. The fourth-order valence-electron chi connectivity index (χ4n) is 1.83. The predicted octanol–water partition coefficient (Wildman–Crippen LogP) is 0.487. The summed E-state index contributed by atoms with van der Waals surface area (Å²) < 4.78 is 10.4. The summed E-state index contributed by atoms with van der Waals surface area (Å²) in [6.45, 7) is 0. The highest BCUT2D eigenvalue weighted by Crippen LogP contribution is 2.18. The van der Waals surface area contributed by atoms with Crippen LogP contribution in [-0.4, -0.2) is 54.5 Å². The van der Waals surface area contributed by atoms with Gasteiger partial charge in [0.05, 0.1) is 25.5 Å². The van der Waals surface area contributed by atoms with E-state index in [2.05, 4.69) is 14.6 Å². The van der Waals surface area contributed by atoms with Crippen LogP contribution in [0.1, 0.15) is 5.69 Å². The van der Waals surface area contributed by atoms with Crippen molar-refractivity contribution in [2.45, 2.75) is 0 Å². The van der Waals surface area contributed by atoms with Crippen molar-refractivity contribution in [2.24, 2.45) is 5.10 Å². The van der Waals surface area contributed by atoms with Gasteiger partial charge < -0.3 is 9.47 Å². The minimum Gasteiger partial charge on any atom is -0.464 e. The van der Waals surface area contributed by atoms with E-state index in [1.54, 1.807) is 12.1 Å². The molecule has 0 aromatic carbocycles. The van der Waals surface area contributed by atoms with E-state index in [1.165, 1.54) is 38.1 Å². The van der Waals surface area contributed by atoms with Crippen LogP contribution in [0.3, 0.4) is 0 Å². The Morgan fingerprint density at radius 3 is 2.62 bits per heavy atom. The van der Waals surface area contributed by atoms with Crippen molar-refractivity contribution in [1.29, 1.82) is 0 Å². The largest absolute Gasteiger partial charge is 0.464 e. The summed E-state index contributed by atoms with van der Waals surface area (Å²) >= 11 is 0. The molecule has 0 aliphatic carbocycles. The Bertz CT molecular complexity index is 671. The number of aromatic nitrogens is 1. The molecule has 0 fully saturated rings. The number of rotatable bonds is 2. The third kappa shape index (κ3) is 2.55. The minimum absolute atomic E-state index is 0.0493. The number of nitrogens with zero attached hydrogens (tertiary/aromatic N) is 3. The number of ether oxygens (including phenoxy) is 2. The van der Waals surface area contributed by atoms with E-state index in [0.717, 1.165) is 5.01 Å². The van der Waals surface area contributed by atoms with Crippen LogP contribution in [0.5, 0.6) is 0 Å². The molecule has 0 spiro atoms. The van der Waals surface area contributed by atoms with Gasteiger partial charge >= 0.3 is 12.1 Å². The third-order valence-corrected chi connectivity index (χ3v) is 2.85. The lowest BCUT2D eigenvalue weighted by molar-refractivity contribution is -0.132. The van der Waals surface area contributed by atoms with Crippen molar-refractivity contribution in [1.82, 2.24) is 9.58 Å². The second-order valence-corrected chi connectivity index (χ2v) is 4.10. The lowest BCUT2D eigenvalue weighted by atomic mass is 10.1. The number of hydrazone groups is 1. The van der Waals surface area contributed by atoms with E-state index in [0.29, 0.717) is 5.69 Å². The van der Waals surface area contributed by atoms with Gasteiger partial charge in [-0.05, 0) is 18.2 Å². The number of methoxy groups -OCH3 is 2. The van der Waals surface area contributed by atoms with Crippen LogP contribution in [-0.2, 0) is 19.1 Å². The average Bonchev–Trinajstić information content (AvgIpc) is 3.06. The number of carbonyl (C=O) groups excluding carboxylic acids is 3. The molecule has 8 nitrogen and oxygen atoms in total. The van der Waals surface area contributed by atoms with Gasteiger partial charge in [0.25, 0.3) is 5.91 Å². The van der Waals surface area contributed by atoms with Crippen molar-refractivity contribution in [2.75, 3.05) is 21.3 Å². The Labute approximate surface area is 120 Å². The maximum atomic E-state index is 12.0. The van der Waals surface area contributed by atoms with E-state index in [9.17, 15) is 14.4 Å². The summed E-state index contributed by atoms with van der Waals surface area (Å²) in [4.78, 5) is 35.3. The van der Waals surface area contributed by atoms with Crippen LogP contribution in [0.25, 0.3) is 6.08 Å². The normalized spacial score (nSPS) is 16.1. The first-order valence-electron chi connectivity index (χ1n) is 5.92. The molecule has 21 heavy (non-hydrogen) atoms. The number of amides is 1. The Kier molecular flexibility index (Phi) is 3.88. The Morgan fingerprint density at radius 1 is 1.29 bits per heavy atom. The molecule has 1 amide bonds. The SMILES string of the molecule is COC(=O)C1=NN(C)C(=O)/C1=C/c1cccn1C(=O)OC. The van der Waals surface area contributed by atoms with E-state index < -0.39 is 18.0 Å². The molecule has 0 atom stereocenters. The second kappa shape index (κ2) is 5.61. The maximum Gasteiger partial charge on any atom is 0.418 e. The molecule has 1 aromatic heterocycles. The van der Waals surface area contributed by atoms with Crippen LogP contribution in [0.15, 0.2) is 29.0 Å². The molecule has 0 N–H and O–H groups in total.